The van der Waals surface area contributed by atoms with Crippen LogP contribution in [0.4, 0.5) is 0 Å². The van der Waals surface area contributed by atoms with E-state index in [-0.39, 0.29) is 0 Å². The van der Waals surface area contributed by atoms with Crippen molar-refractivity contribution in [2.45, 2.75) is 51.7 Å². The van der Waals surface area contributed by atoms with E-state index < -0.39 is 0 Å². The van der Waals surface area contributed by atoms with Crippen molar-refractivity contribution in [1.29, 1.82) is 0 Å². The van der Waals surface area contributed by atoms with E-state index in [0.29, 0.717) is 12.1 Å². The molecule has 1 aliphatic carbocycles. The molecule has 4 nitrogen and oxygen atoms in total. The third-order valence-corrected chi connectivity index (χ3v) is 4.52. The summed E-state index contributed by atoms with van der Waals surface area (Å²) in [5, 5.41) is 3.27. The summed E-state index contributed by atoms with van der Waals surface area (Å²) < 4.78 is 5.58. The molecule has 1 heterocycles. The largest absolute Gasteiger partial charge is 0.378 e. The Hall–Kier alpha value is -0.490. The van der Waals surface area contributed by atoms with Gasteiger partial charge in [0, 0.05) is 30.1 Å². The summed E-state index contributed by atoms with van der Waals surface area (Å²) in [4.78, 5) is 4.49. The standard InChI is InChI=1S/C13H23N3OS/c1-3-17-12-5-10(6-12)4-11(16-14)7-13-15-9(2)8-18-13/h8,10-12,16H,3-7,14H2,1-2H3. The minimum absolute atomic E-state index is 0.336. The van der Waals surface area contributed by atoms with Crippen molar-refractivity contribution >= 4 is 11.3 Å². The maximum Gasteiger partial charge on any atom is 0.0944 e. The Morgan fingerprint density at radius 1 is 1.61 bits per heavy atom. The summed E-state index contributed by atoms with van der Waals surface area (Å²) in [6.07, 6.45) is 4.91. The van der Waals surface area contributed by atoms with E-state index >= 15 is 0 Å². The molecule has 0 spiro atoms. The van der Waals surface area contributed by atoms with Crippen molar-refractivity contribution < 1.29 is 4.74 Å². The summed E-state index contributed by atoms with van der Waals surface area (Å²) >= 11 is 1.72. The van der Waals surface area contributed by atoms with Crippen molar-refractivity contribution in [3.05, 3.63) is 16.1 Å². The molecule has 1 aromatic heterocycles. The SMILES string of the molecule is CCOC1CC(CC(Cc2nc(C)cs2)NN)C1. The van der Waals surface area contributed by atoms with Gasteiger partial charge in [-0.25, -0.2) is 4.98 Å². The van der Waals surface area contributed by atoms with Crippen LogP contribution in [0.1, 0.15) is 36.9 Å². The summed E-state index contributed by atoms with van der Waals surface area (Å²) in [6, 6.07) is 0.336. The van der Waals surface area contributed by atoms with Crippen LogP contribution < -0.4 is 11.3 Å². The van der Waals surface area contributed by atoms with Crippen molar-refractivity contribution in [3.8, 4) is 0 Å². The third kappa shape index (κ3) is 3.75. The van der Waals surface area contributed by atoms with Crippen molar-refractivity contribution in [2.75, 3.05) is 6.61 Å². The van der Waals surface area contributed by atoms with Gasteiger partial charge in [-0.15, -0.1) is 11.3 Å². The fourth-order valence-corrected chi connectivity index (χ4v) is 3.41. The summed E-state index contributed by atoms with van der Waals surface area (Å²) in [5.74, 6) is 6.40. The second-order valence-electron chi connectivity index (χ2n) is 5.10. The zero-order valence-electron chi connectivity index (χ0n) is 11.2. The molecule has 102 valence electrons. The van der Waals surface area contributed by atoms with E-state index in [9.17, 15) is 0 Å². The van der Waals surface area contributed by atoms with Crippen LogP contribution in [0, 0.1) is 12.8 Å². The van der Waals surface area contributed by atoms with Gasteiger partial charge in [-0.1, -0.05) is 0 Å². The topological polar surface area (TPSA) is 60.2 Å². The average molecular weight is 269 g/mol. The summed E-state index contributed by atoms with van der Waals surface area (Å²) in [6.45, 7) is 4.92. The number of hydrazine groups is 1. The lowest BCUT2D eigenvalue weighted by atomic mass is 9.78. The van der Waals surface area contributed by atoms with Crippen molar-refractivity contribution in [2.24, 2.45) is 11.8 Å². The first kappa shape index (κ1) is 13.9. The lowest BCUT2D eigenvalue weighted by molar-refractivity contribution is -0.0290. The third-order valence-electron chi connectivity index (χ3n) is 3.54. The van der Waals surface area contributed by atoms with Gasteiger partial charge in [-0.2, -0.15) is 0 Å². The molecule has 1 atom stereocenters. The number of aryl methyl sites for hydroxylation is 1. The molecule has 0 radical (unpaired) electrons. The normalized spacial score (nSPS) is 24.8. The predicted molar refractivity (Wildman–Crippen MR) is 74.4 cm³/mol. The second-order valence-corrected chi connectivity index (χ2v) is 6.04. The first-order valence-electron chi connectivity index (χ1n) is 6.70. The average Bonchev–Trinajstić information content (AvgIpc) is 2.70. The van der Waals surface area contributed by atoms with Gasteiger partial charge in [0.2, 0.25) is 0 Å². The van der Waals surface area contributed by atoms with Gasteiger partial charge in [0.25, 0.3) is 0 Å². The minimum atomic E-state index is 0.336. The summed E-state index contributed by atoms with van der Waals surface area (Å²) in [5.41, 5.74) is 4.03. The smallest absolute Gasteiger partial charge is 0.0944 e. The van der Waals surface area contributed by atoms with E-state index in [4.69, 9.17) is 10.6 Å². The molecule has 1 aromatic rings. The quantitative estimate of drug-likeness (QED) is 0.587. The monoisotopic (exact) mass is 269 g/mol. The molecule has 0 saturated heterocycles. The Bertz CT molecular complexity index is 363. The first-order chi connectivity index (χ1) is 8.71. The highest BCUT2D eigenvalue weighted by atomic mass is 32.1. The first-order valence-corrected chi connectivity index (χ1v) is 7.58. The molecule has 1 unspecified atom stereocenters. The molecular formula is C13H23N3OS. The van der Waals surface area contributed by atoms with Gasteiger partial charge >= 0.3 is 0 Å². The van der Waals surface area contributed by atoms with Crippen molar-refractivity contribution in [1.82, 2.24) is 10.4 Å². The maximum absolute atomic E-state index is 5.64. The zero-order valence-corrected chi connectivity index (χ0v) is 12.0. The van der Waals surface area contributed by atoms with Crippen LogP contribution in [0.15, 0.2) is 5.38 Å². The van der Waals surface area contributed by atoms with E-state index in [1.165, 1.54) is 17.8 Å². The van der Waals surface area contributed by atoms with Gasteiger partial charge in [0.15, 0.2) is 0 Å². The second kappa shape index (κ2) is 6.61. The zero-order chi connectivity index (χ0) is 13.0. The molecule has 2 rings (SSSR count). The molecule has 18 heavy (non-hydrogen) atoms. The van der Waals surface area contributed by atoms with Crippen LogP contribution in [0.2, 0.25) is 0 Å². The van der Waals surface area contributed by atoms with Gasteiger partial charge in [-0.3, -0.25) is 11.3 Å². The van der Waals surface area contributed by atoms with Crippen LogP contribution in [0.3, 0.4) is 0 Å². The minimum Gasteiger partial charge on any atom is -0.378 e. The molecule has 1 fully saturated rings. The molecule has 0 aromatic carbocycles. The molecule has 0 aliphatic heterocycles. The molecule has 3 N–H and O–H groups in total. The predicted octanol–water partition coefficient (Wildman–Crippen LogP) is 2.03. The lowest BCUT2D eigenvalue weighted by Crippen LogP contribution is -2.42. The van der Waals surface area contributed by atoms with Crippen molar-refractivity contribution in [3.63, 3.8) is 0 Å². The number of nitrogens with zero attached hydrogens (tertiary/aromatic N) is 1. The van der Waals surface area contributed by atoms with E-state index in [1.807, 2.05) is 6.92 Å². The fourth-order valence-electron chi connectivity index (χ4n) is 2.56. The maximum atomic E-state index is 5.64. The van der Waals surface area contributed by atoms with E-state index in [0.717, 1.165) is 31.1 Å². The fraction of sp³-hybridized carbons (Fsp3) is 0.769. The molecular weight excluding hydrogens is 246 g/mol. The number of hydrogen-bond acceptors (Lipinski definition) is 5. The number of hydrogen-bond donors (Lipinski definition) is 2. The number of aromatic nitrogens is 1. The van der Waals surface area contributed by atoms with Crippen LogP contribution in [-0.2, 0) is 11.2 Å². The van der Waals surface area contributed by atoms with Crippen LogP contribution in [-0.4, -0.2) is 23.7 Å². The number of thiazole rings is 1. The van der Waals surface area contributed by atoms with Crippen LogP contribution in [0.5, 0.6) is 0 Å². The lowest BCUT2D eigenvalue weighted by Gasteiger charge is -2.36. The molecule has 0 bridgehead atoms. The highest BCUT2D eigenvalue weighted by molar-refractivity contribution is 7.09. The highest BCUT2D eigenvalue weighted by Gasteiger charge is 2.31. The van der Waals surface area contributed by atoms with Gasteiger partial charge < -0.3 is 4.74 Å². The summed E-state index contributed by atoms with van der Waals surface area (Å²) in [7, 11) is 0. The van der Waals surface area contributed by atoms with Gasteiger partial charge in [0.05, 0.1) is 11.1 Å². The van der Waals surface area contributed by atoms with Crippen LogP contribution in [0.25, 0.3) is 0 Å². The van der Waals surface area contributed by atoms with E-state index in [1.54, 1.807) is 11.3 Å². The Labute approximate surface area is 113 Å². The molecule has 0 amide bonds. The number of ether oxygens (including phenoxy) is 1. The highest BCUT2D eigenvalue weighted by Crippen LogP contribution is 2.34. The van der Waals surface area contributed by atoms with Gasteiger partial charge in [-0.05, 0) is 39.0 Å². The van der Waals surface area contributed by atoms with Crippen LogP contribution >= 0.6 is 11.3 Å². The molecule has 1 aliphatic rings. The molecule has 1 saturated carbocycles. The van der Waals surface area contributed by atoms with E-state index in [2.05, 4.69) is 22.7 Å². The Morgan fingerprint density at radius 2 is 2.39 bits per heavy atom. The number of nitrogens with two attached hydrogens (primary N) is 1. The molecule has 5 heteroatoms. The number of nitrogens with one attached hydrogen (secondary N) is 1. The Morgan fingerprint density at radius 3 is 2.94 bits per heavy atom. The Kier molecular flexibility index (Phi) is 5.12. The number of rotatable bonds is 7. The van der Waals surface area contributed by atoms with Gasteiger partial charge in [0.1, 0.15) is 0 Å². The Balaban J connectivity index is 1.73.